The van der Waals surface area contributed by atoms with Gasteiger partial charge in [-0.2, -0.15) is 0 Å². The molecule has 0 spiro atoms. The van der Waals surface area contributed by atoms with Crippen molar-refractivity contribution in [2.24, 2.45) is 5.73 Å². The van der Waals surface area contributed by atoms with Crippen molar-refractivity contribution in [3.63, 3.8) is 0 Å². The van der Waals surface area contributed by atoms with Crippen LogP contribution in [0.15, 0.2) is 36.8 Å². The molecule has 5 unspecified atom stereocenters. The SMILES string of the molecule is CC(O)C(N)C(=O)NC(CC(=O)O)C(=O)NC(Cc1cnc[nH]1)C(=O)NC(Cc1ccc(O)cc1)C(=O)O. The molecule has 38 heavy (non-hydrogen) atoms. The molecule has 0 saturated heterocycles. The smallest absolute Gasteiger partial charge is 0.326 e. The fourth-order valence-corrected chi connectivity index (χ4v) is 3.31. The molecule has 1 aromatic heterocycles. The van der Waals surface area contributed by atoms with Gasteiger partial charge in [0.2, 0.25) is 17.7 Å². The first-order chi connectivity index (χ1) is 17.9. The number of imidazole rings is 1. The van der Waals surface area contributed by atoms with E-state index in [-0.39, 0.29) is 18.6 Å². The van der Waals surface area contributed by atoms with Gasteiger partial charge in [-0.25, -0.2) is 9.78 Å². The molecule has 2 rings (SSSR count). The number of rotatable bonds is 14. The Morgan fingerprint density at radius 1 is 0.921 bits per heavy atom. The predicted octanol–water partition coefficient (Wildman–Crippen LogP) is -2.38. The van der Waals surface area contributed by atoms with Crippen LogP contribution in [0.5, 0.6) is 5.75 Å². The molecular formula is C23H30N6O9. The number of carbonyl (C=O) groups excluding carboxylic acids is 3. The van der Waals surface area contributed by atoms with Crippen molar-refractivity contribution in [1.82, 2.24) is 25.9 Å². The number of aliphatic hydroxyl groups is 1. The fraction of sp³-hybridized carbons (Fsp3) is 0.391. The van der Waals surface area contributed by atoms with Gasteiger partial charge in [-0.1, -0.05) is 12.1 Å². The zero-order valence-electron chi connectivity index (χ0n) is 20.3. The number of hydrogen-bond acceptors (Lipinski definition) is 9. The van der Waals surface area contributed by atoms with Gasteiger partial charge in [0.05, 0.1) is 18.9 Å². The summed E-state index contributed by atoms with van der Waals surface area (Å²) < 4.78 is 0. The van der Waals surface area contributed by atoms with Crippen molar-refractivity contribution < 1.29 is 44.4 Å². The van der Waals surface area contributed by atoms with Crippen LogP contribution in [0, 0.1) is 0 Å². The number of nitrogens with zero attached hydrogens (tertiary/aromatic N) is 1. The van der Waals surface area contributed by atoms with E-state index in [9.17, 15) is 44.4 Å². The third-order valence-electron chi connectivity index (χ3n) is 5.44. The van der Waals surface area contributed by atoms with Gasteiger partial charge >= 0.3 is 11.9 Å². The Morgan fingerprint density at radius 3 is 2.03 bits per heavy atom. The maximum absolute atomic E-state index is 13.1. The minimum atomic E-state index is -1.66. The summed E-state index contributed by atoms with van der Waals surface area (Å²) in [5, 5.41) is 44.6. The second kappa shape index (κ2) is 13.7. The van der Waals surface area contributed by atoms with Crippen LogP contribution in [0.4, 0.5) is 0 Å². The van der Waals surface area contributed by atoms with Gasteiger partial charge in [-0.05, 0) is 24.6 Å². The number of carboxylic acid groups (broad SMARTS) is 2. The van der Waals surface area contributed by atoms with Crippen molar-refractivity contribution in [2.45, 2.75) is 56.5 Å². The lowest BCUT2D eigenvalue weighted by molar-refractivity contribution is -0.143. The number of aromatic hydroxyl groups is 1. The first-order valence-electron chi connectivity index (χ1n) is 11.4. The van der Waals surface area contributed by atoms with E-state index in [0.717, 1.165) is 0 Å². The van der Waals surface area contributed by atoms with Crippen molar-refractivity contribution in [2.75, 3.05) is 0 Å². The highest BCUT2D eigenvalue weighted by atomic mass is 16.4. The number of benzene rings is 1. The summed E-state index contributed by atoms with van der Waals surface area (Å²) in [5.74, 6) is -5.77. The summed E-state index contributed by atoms with van der Waals surface area (Å²) in [7, 11) is 0. The van der Waals surface area contributed by atoms with Crippen molar-refractivity contribution in [3.05, 3.63) is 48.0 Å². The molecule has 0 radical (unpaired) electrons. The number of nitrogens with one attached hydrogen (secondary N) is 4. The number of aromatic nitrogens is 2. The zero-order valence-corrected chi connectivity index (χ0v) is 20.3. The molecule has 5 atom stereocenters. The highest BCUT2D eigenvalue weighted by Gasteiger charge is 2.32. The van der Waals surface area contributed by atoms with Gasteiger partial charge in [0, 0.05) is 24.7 Å². The molecule has 15 nitrogen and oxygen atoms in total. The van der Waals surface area contributed by atoms with Crippen LogP contribution in [0.1, 0.15) is 24.6 Å². The van der Waals surface area contributed by atoms with E-state index < -0.39 is 66.4 Å². The van der Waals surface area contributed by atoms with E-state index in [1.165, 1.54) is 43.7 Å². The summed E-state index contributed by atoms with van der Waals surface area (Å²) >= 11 is 0. The third-order valence-corrected chi connectivity index (χ3v) is 5.44. The highest BCUT2D eigenvalue weighted by molar-refractivity contribution is 5.95. The number of carbonyl (C=O) groups is 5. The number of phenols is 1. The number of carboxylic acids is 2. The molecule has 206 valence electrons. The largest absolute Gasteiger partial charge is 0.508 e. The van der Waals surface area contributed by atoms with Crippen LogP contribution in [0.3, 0.4) is 0 Å². The van der Waals surface area contributed by atoms with Crippen LogP contribution in [0.25, 0.3) is 0 Å². The molecule has 0 fully saturated rings. The molecule has 0 aliphatic carbocycles. The third kappa shape index (κ3) is 9.18. The van der Waals surface area contributed by atoms with Crippen LogP contribution in [-0.4, -0.2) is 90.3 Å². The van der Waals surface area contributed by atoms with Crippen LogP contribution in [-0.2, 0) is 36.8 Å². The summed E-state index contributed by atoms with van der Waals surface area (Å²) in [5.41, 5.74) is 6.45. The average Bonchev–Trinajstić information content (AvgIpc) is 3.36. The molecule has 1 aromatic carbocycles. The zero-order chi connectivity index (χ0) is 28.4. The van der Waals surface area contributed by atoms with Gasteiger partial charge in [0.25, 0.3) is 0 Å². The Hall–Kier alpha value is -4.50. The normalized spacial score (nSPS) is 14.8. The van der Waals surface area contributed by atoms with Gasteiger partial charge < -0.3 is 47.1 Å². The van der Waals surface area contributed by atoms with Crippen molar-refractivity contribution >= 4 is 29.7 Å². The van der Waals surface area contributed by atoms with E-state index in [1.807, 2.05) is 0 Å². The Morgan fingerprint density at radius 2 is 1.50 bits per heavy atom. The summed E-state index contributed by atoms with van der Waals surface area (Å²) in [6, 6.07) is -0.227. The summed E-state index contributed by atoms with van der Waals surface area (Å²) in [6.45, 7) is 1.23. The number of amides is 3. The molecule has 3 amide bonds. The second-order valence-corrected chi connectivity index (χ2v) is 8.54. The topological polar surface area (TPSA) is 257 Å². The number of aliphatic carboxylic acids is 2. The number of hydrogen-bond donors (Lipinski definition) is 9. The second-order valence-electron chi connectivity index (χ2n) is 8.54. The van der Waals surface area contributed by atoms with Gasteiger partial charge in [0.1, 0.15) is 29.9 Å². The predicted molar refractivity (Wildman–Crippen MR) is 129 cm³/mol. The van der Waals surface area contributed by atoms with Crippen molar-refractivity contribution in [3.8, 4) is 5.75 Å². The van der Waals surface area contributed by atoms with E-state index >= 15 is 0 Å². The number of H-pyrrole nitrogens is 1. The van der Waals surface area contributed by atoms with E-state index in [0.29, 0.717) is 11.3 Å². The van der Waals surface area contributed by atoms with Gasteiger partial charge in [-0.15, -0.1) is 0 Å². The molecule has 0 aliphatic heterocycles. The van der Waals surface area contributed by atoms with Crippen LogP contribution in [0.2, 0.25) is 0 Å². The summed E-state index contributed by atoms with van der Waals surface area (Å²) in [6.07, 6.45) is 0.230. The Balaban J connectivity index is 2.23. The standard InChI is InChI=1S/C23H30N6O9/c1-11(30)19(24)22(36)28-16(8-18(32)33)21(35)27-15(7-13-9-25-10-26-13)20(34)29-17(23(37)38)6-12-2-4-14(31)5-3-12/h2-5,9-11,15-17,19,30-31H,6-8,24H2,1H3,(H,25,26)(H,27,35)(H,28,36)(H,29,34)(H,32,33)(H,37,38). The van der Waals surface area contributed by atoms with Gasteiger partial charge in [-0.3, -0.25) is 19.2 Å². The average molecular weight is 535 g/mol. The van der Waals surface area contributed by atoms with E-state index in [1.54, 1.807) is 0 Å². The van der Waals surface area contributed by atoms with Crippen molar-refractivity contribution in [1.29, 1.82) is 0 Å². The lowest BCUT2D eigenvalue weighted by Gasteiger charge is -2.25. The number of aromatic amines is 1. The molecular weight excluding hydrogens is 504 g/mol. The molecule has 0 aliphatic rings. The van der Waals surface area contributed by atoms with Crippen LogP contribution >= 0.6 is 0 Å². The van der Waals surface area contributed by atoms with Gasteiger partial charge in [0.15, 0.2) is 0 Å². The highest BCUT2D eigenvalue weighted by Crippen LogP contribution is 2.12. The quantitative estimate of drug-likeness (QED) is 0.124. The van der Waals surface area contributed by atoms with E-state index in [2.05, 4.69) is 25.9 Å². The lowest BCUT2D eigenvalue weighted by atomic mass is 10.0. The monoisotopic (exact) mass is 534 g/mol. The minimum absolute atomic E-state index is 0.0237. The number of aliphatic hydroxyl groups excluding tert-OH is 1. The first-order valence-corrected chi connectivity index (χ1v) is 11.4. The number of nitrogens with two attached hydrogens (primary N) is 1. The Kier molecular flexibility index (Phi) is 10.7. The van der Waals surface area contributed by atoms with Crippen LogP contribution < -0.4 is 21.7 Å². The first kappa shape index (κ1) is 29.7. The van der Waals surface area contributed by atoms with E-state index in [4.69, 9.17) is 5.73 Å². The minimum Gasteiger partial charge on any atom is -0.508 e. The summed E-state index contributed by atoms with van der Waals surface area (Å²) in [4.78, 5) is 68.0. The molecule has 1 heterocycles. The molecule has 2 aromatic rings. The lowest BCUT2D eigenvalue weighted by Crippen LogP contribution is -2.59. The maximum Gasteiger partial charge on any atom is 0.326 e. The maximum atomic E-state index is 13.1. The molecule has 10 N–H and O–H groups in total. The number of phenolic OH excluding ortho intramolecular Hbond substituents is 1. The Bertz CT molecular complexity index is 1120. The molecule has 15 heteroatoms. The Labute approximate surface area is 216 Å². The fourth-order valence-electron chi connectivity index (χ4n) is 3.31. The molecule has 0 bridgehead atoms. The molecule has 0 saturated carbocycles.